The van der Waals surface area contributed by atoms with Crippen molar-refractivity contribution >= 4 is 5.91 Å². The fourth-order valence-corrected chi connectivity index (χ4v) is 3.58. The molecule has 0 bridgehead atoms. The summed E-state index contributed by atoms with van der Waals surface area (Å²) in [5.41, 5.74) is 3.58. The molecule has 0 aliphatic heterocycles. The molecule has 1 amide bonds. The summed E-state index contributed by atoms with van der Waals surface area (Å²) >= 11 is 0. The molecule has 2 N–H and O–H groups in total. The van der Waals surface area contributed by atoms with Crippen LogP contribution in [0.15, 0.2) is 90.1 Å². The number of pyridine rings is 2. The summed E-state index contributed by atoms with van der Waals surface area (Å²) in [6.45, 7) is 0.427. The molecule has 1 atom stereocenters. The van der Waals surface area contributed by atoms with Crippen LogP contribution in [0.5, 0.6) is 0 Å². The van der Waals surface area contributed by atoms with Gasteiger partial charge in [0.15, 0.2) is 0 Å². The predicted octanol–water partition coefficient (Wildman–Crippen LogP) is 3.99. The lowest BCUT2D eigenvalue weighted by atomic mass is 9.89. The van der Waals surface area contributed by atoms with Crippen molar-refractivity contribution in [3.8, 4) is 11.1 Å². The second-order valence-electron chi connectivity index (χ2n) is 7.14. The summed E-state index contributed by atoms with van der Waals surface area (Å²) < 4.78 is 0. The first-order chi connectivity index (χ1) is 15.2. The van der Waals surface area contributed by atoms with Crippen molar-refractivity contribution in [1.29, 1.82) is 0 Å². The minimum Gasteiger partial charge on any atom is -0.352 e. The van der Waals surface area contributed by atoms with Crippen molar-refractivity contribution in [2.45, 2.75) is 12.3 Å². The summed E-state index contributed by atoms with van der Waals surface area (Å²) in [5, 5.41) is 2.90. The maximum atomic E-state index is 12.7. The number of H-pyrrole nitrogens is 1. The number of rotatable bonds is 7. The number of nitrogens with one attached hydrogen (secondary N) is 2. The summed E-state index contributed by atoms with van der Waals surface area (Å²) in [4.78, 5) is 31.6. The second kappa shape index (κ2) is 9.55. The molecule has 31 heavy (non-hydrogen) atoms. The Morgan fingerprint density at radius 3 is 2.55 bits per heavy atom. The highest BCUT2D eigenvalue weighted by molar-refractivity contribution is 5.94. The lowest BCUT2D eigenvalue weighted by Gasteiger charge is -2.18. The third kappa shape index (κ3) is 4.88. The molecule has 0 fully saturated rings. The maximum Gasteiger partial charge on any atom is 0.260 e. The first kappa shape index (κ1) is 20.1. The number of aromatic nitrogens is 2. The molecule has 2 aromatic heterocycles. The normalized spacial score (nSPS) is 10.5. The van der Waals surface area contributed by atoms with Crippen LogP contribution in [-0.4, -0.2) is 22.4 Å². The van der Waals surface area contributed by atoms with Crippen molar-refractivity contribution in [2.24, 2.45) is 0 Å². The molecular weight excluding hydrogens is 386 g/mol. The fraction of sp³-hybridized carbons (Fsp3) is 0.115. The lowest BCUT2D eigenvalue weighted by Crippen LogP contribution is -2.31. The molecule has 2 heterocycles. The van der Waals surface area contributed by atoms with Crippen LogP contribution in [-0.2, 0) is 0 Å². The van der Waals surface area contributed by atoms with E-state index in [0.29, 0.717) is 13.0 Å². The van der Waals surface area contributed by atoms with Gasteiger partial charge in [0.25, 0.3) is 11.5 Å². The van der Waals surface area contributed by atoms with Crippen LogP contribution < -0.4 is 10.9 Å². The Hall–Kier alpha value is -4.17. The summed E-state index contributed by atoms with van der Waals surface area (Å²) in [7, 11) is 0. The van der Waals surface area contributed by atoms with Gasteiger partial charge in [0.2, 0.25) is 0 Å². The lowest BCUT2D eigenvalue weighted by molar-refractivity contribution is 0.0951. The molecule has 4 aromatic rings. The van der Waals surface area contributed by atoms with Crippen LogP contribution in [0.3, 0.4) is 0 Å². The van der Waals surface area contributed by atoms with Gasteiger partial charge in [0.1, 0.15) is 5.56 Å². The summed E-state index contributed by atoms with van der Waals surface area (Å²) in [5.74, 6) is -0.286. The molecule has 5 nitrogen and oxygen atoms in total. The third-order valence-corrected chi connectivity index (χ3v) is 5.17. The average Bonchev–Trinajstić information content (AvgIpc) is 2.83. The highest BCUT2D eigenvalue weighted by atomic mass is 16.2. The van der Waals surface area contributed by atoms with Crippen molar-refractivity contribution in [1.82, 2.24) is 15.3 Å². The van der Waals surface area contributed by atoms with Crippen LogP contribution in [0.25, 0.3) is 11.1 Å². The maximum absolute atomic E-state index is 12.7. The minimum absolute atomic E-state index is 0.0909. The Balaban J connectivity index is 1.48. The topological polar surface area (TPSA) is 74.8 Å². The van der Waals surface area contributed by atoms with Crippen LogP contribution in [0, 0.1) is 12.1 Å². The van der Waals surface area contributed by atoms with E-state index < -0.39 is 11.5 Å². The second-order valence-corrected chi connectivity index (χ2v) is 7.14. The van der Waals surface area contributed by atoms with Crippen molar-refractivity contribution in [3.05, 3.63) is 124 Å². The molecule has 2 aromatic carbocycles. The van der Waals surface area contributed by atoms with Gasteiger partial charge < -0.3 is 10.3 Å². The van der Waals surface area contributed by atoms with Gasteiger partial charge >= 0.3 is 0 Å². The van der Waals surface area contributed by atoms with E-state index in [1.54, 1.807) is 24.7 Å². The van der Waals surface area contributed by atoms with Gasteiger partial charge in [-0.05, 0) is 65.1 Å². The first-order valence-electron chi connectivity index (χ1n) is 10.1. The van der Waals surface area contributed by atoms with E-state index in [0.717, 1.165) is 22.3 Å². The Bertz CT molecular complexity index is 1150. The quantitative estimate of drug-likeness (QED) is 0.486. The SMILES string of the molecule is O=C(NCCC(c1cc#ccc1)c1ccccc1)c1cc(-c2ccncc2)c[nH]c1=O. The zero-order chi connectivity index (χ0) is 21.5. The molecule has 0 radical (unpaired) electrons. The van der Waals surface area contributed by atoms with Gasteiger partial charge in [-0.15, -0.1) is 0 Å². The van der Waals surface area contributed by atoms with Gasteiger partial charge in [-0.1, -0.05) is 42.5 Å². The number of hydrogen-bond donors (Lipinski definition) is 2. The predicted molar refractivity (Wildman–Crippen MR) is 120 cm³/mol. The fourth-order valence-electron chi connectivity index (χ4n) is 3.58. The molecule has 5 heteroatoms. The van der Waals surface area contributed by atoms with E-state index in [4.69, 9.17) is 0 Å². The van der Waals surface area contributed by atoms with Gasteiger partial charge in [0.05, 0.1) is 0 Å². The van der Waals surface area contributed by atoms with E-state index >= 15 is 0 Å². The number of hydrogen-bond acceptors (Lipinski definition) is 3. The van der Waals surface area contributed by atoms with Crippen molar-refractivity contribution < 1.29 is 4.79 Å². The highest BCUT2D eigenvalue weighted by Gasteiger charge is 2.16. The number of amides is 1. The summed E-state index contributed by atoms with van der Waals surface area (Å²) in [6.07, 6.45) is 5.63. The zero-order valence-electron chi connectivity index (χ0n) is 16.8. The van der Waals surface area contributed by atoms with Crippen LogP contribution in [0.1, 0.15) is 33.8 Å². The molecule has 0 spiro atoms. The minimum atomic E-state index is -0.414. The van der Waals surface area contributed by atoms with E-state index in [9.17, 15) is 9.59 Å². The van der Waals surface area contributed by atoms with Crippen molar-refractivity contribution in [2.75, 3.05) is 6.54 Å². The van der Waals surface area contributed by atoms with Gasteiger partial charge in [-0.3, -0.25) is 14.6 Å². The molecule has 0 saturated heterocycles. The number of carbonyl (C=O) groups excluding carboxylic acids is 1. The number of aromatic amines is 1. The van der Waals surface area contributed by atoms with E-state index in [2.05, 4.69) is 39.6 Å². The molecule has 0 aliphatic rings. The molecular formula is C26H21N3O2. The molecule has 0 aliphatic carbocycles. The first-order valence-corrected chi connectivity index (χ1v) is 10.1. The monoisotopic (exact) mass is 407 g/mol. The van der Waals surface area contributed by atoms with Crippen LogP contribution in [0.4, 0.5) is 0 Å². The smallest absolute Gasteiger partial charge is 0.260 e. The van der Waals surface area contributed by atoms with Gasteiger partial charge in [0, 0.05) is 31.1 Å². The van der Waals surface area contributed by atoms with Gasteiger partial charge in [-0.2, -0.15) is 0 Å². The number of benzene rings is 1. The van der Waals surface area contributed by atoms with E-state index in [1.165, 1.54) is 0 Å². The molecule has 152 valence electrons. The molecule has 4 rings (SSSR count). The Morgan fingerprint density at radius 1 is 1.00 bits per heavy atom. The number of nitrogens with zero attached hydrogens (tertiary/aromatic N) is 1. The largest absolute Gasteiger partial charge is 0.352 e. The molecule has 1 unspecified atom stereocenters. The average molecular weight is 407 g/mol. The van der Waals surface area contributed by atoms with E-state index in [1.807, 2.05) is 48.5 Å². The molecule has 0 saturated carbocycles. The van der Waals surface area contributed by atoms with Crippen LogP contribution in [0.2, 0.25) is 0 Å². The van der Waals surface area contributed by atoms with Crippen LogP contribution >= 0.6 is 0 Å². The van der Waals surface area contributed by atoms with Crippen molar-refractivity contribution in [3.63, 3.8) is 0 Å². The third-order valence-electron chi connectivity index (χ3n) is 5.17. The Kier molecular flexibility index (Phi) is 6.20. The Morgan fingerprint density at radius 2 is 1.81 bits per heavy atom. The van der Waals surface area contributed by atoms with Gasteiger partial charge in [-0.25, -0.2) is 0 Å². The summed E-state index contributed by atoms with van der Waals surface area (Å²) in [6, 6.07) is 27.1. The number of carbonyl (C=O) groups is 1. The Labute approximate surface area is 180 Å². The van der Waals surface area contributed by atoms with E-state index in [-0.39, 0.29) is 11.5 Å². The standard InChI is InChI=1S/C26H21N3O2/c30-25(24-17-22(18-29-26(24)31)19-11-14-27-15-12-19)28-16-13-23(20-7-3-1-4-8-20)21-9-5-2-6-10-21/h1,3-5,7-12,14-15,17-18,23H,13,16H2,(H,28,30)(H,29,31). The zero-order valence-corrected chi connectivity index (χ0v) is 16.8. The highest BCUT2D eigenvalue weighted by Crippen LogP contribution is 2.26.